The first kappa shape index (κ1) is 33.3. The van der Waals surface area contributed by atoms with Gasteiger partial charge in [-0.1, -0.05) is 34.8 Å². The molecule has 0 fully saturated rings. The van der Waals surface area contributed by atoms with Crippen molar-refractivity contribution in [2.45, 2.75) is 23.4 Å². The number of sulfonamides is 2. The van der Waals surface area contributed by atoms with Crippen molar-refractivity contribution in [1.82, 2.24) is 19.9 Å². The summed E-state index contributed by atoms with van der Waals surface area (Å²) in [5.74, 6) is -2.71. The number of benzene rings is 2. The van der Waals surface area contributed by atoms with E-state index in [4.69, 9.17) is 34.8 Å². The summed E-state index contributed by atoms with van der Waals surface area (Å²) < 4.78 is 94.5. The van der Waals surface area contributed by atoms with Crippen molar-refractivity contribution in [3.05, 3.63) is 105 Å². The van der Waals surface area contributed by atoms with E-state index in [1.165, 1.54) is 36.8 Å². The maximum absolute atomic E-state index is 13.9. The first-order valence-electron chi connectivity index (χ1n) is 12.8. The fraction of sp³-hybridized carbons (Fsp3) is 0.0714. The Kier molecular flexibility index (Phi) is 9.42. The van der Waals surface area contributed by atoms with E-state index in [2.05, 4.69) is 24.7 Å². The van der Waals surface area contributed by atoms with Gasteiger partial charge in [-0.05, 0) is 61.0 Å². The predicted molar refractivity (Wildman–Crippen MR) is 171 cm³/mol. The lowest BCUT2D eigenvalue weighted by Gasteiger charge is -2.09. The number of nitrogens with one attached hydrogen (secondary N) is 4. The number of rotatable bonds is 7. The molecule has 0 aliphatic carbocycles. The van der Waals surface area contributed by atoms with Crippen molar-refractivity contribution < 1.29 is 30.0 Å². The molecule has 0 bridgehead atoms. The van der Waals surface area contributed by atoms with E-state index >= 15 is 0 Å². The van der Waals surface area contributed by atoms with Gasteiger partial charge in [0.05, 0.1) is 10.7 Å². The number of fused-ring (bicyclic) bond motifs is 2. The Balaban J connectivity index is 0.000000182. The lowest BCUT2D eigenvalue weighted by Crippen LogP contribution is -2.15. The van der Waals surface area contributed by atoms with Crippen LogP contribution in [0.3, 0.4) is 0 Å². The molecule has 6 rings (SSSR count). The minimum Gasteiger partial charge on any atom is -0.360 e. The monoisotopic (exact) mass is 730 g/mol. The van der Waals surface area contributed by atoms with E-state index in [1.807, 2.05) is 4.72 Å². The van der Waals surface area contributed by atoms with Gasteiger partial charge in [-0.2, -0.15) is 0 Å². The van der Waals surface area contributed by atoms with E-state index in [0.29, 0.717) is 37.4 Å². The molecule has 0 amide bonds. The first-order valence-corrected chi connectivity index (χ1v) is 16.9. The van der Waals surface area contributed by atoms with E-state index in [9.17, 15) is 30.0 Å². The van der Waals surface area contributed by atoms with Gasteiger partial charge in [0, 0.05) is 50.4 Å². The topological polar surface area (TPSA) is 150 Å². The molecule has 10 nitrogen and oxygen atoms in total. The van der Waals surface area contributed by atoms with Crippen LogP contribution in [0.4, 0.5) is 24.8 Å². The fourth-order valence-electron chi connectivity index (χ4n) is 4.23. The largest absolute Gasteiger partial charge is 0.360 e. The summed E-state index contributed by atoms with van der Waals surface area (Å²) in [6.07, 6.45) is 3.96. The summed E-state index contributed by atoms with van der Waals surface area (Å²) in [4.78, 5) is 12.8. The van der Waals surface area contributed by atoms with Crippen LogP contribution in [0, 0.1) is 18.6 Å². The third-order valence-corrected chi connectivity index (χ3v) is 9.91. The average molecular weight is 732 g/mol. The zero-order valence-electron chi connectivity index (χ0n) is 23.2. The van der Waals surface area contributed by atoms with Gasteiger partial charge in [-0.25, -0.2) is 40.0 Å². The highest BCUT2D eigenvalue weighted by Crippen LogP contribution is 2.29. The molecule has 4 N–H and O–H groups in total. The van der Waals surface area contributed by atoms with E-state index in [1.54, 1.807) is 31.2 Å². The van der Waals surface area contributed by atoms with Gasteiger partial charge >= 0.3 is 0 Å². The minimum atomic E-state index is -4.16. The number of alkyl halides is 1. The van der Waals surface area contributed by atoms with Crippen LogP contribution in [0.15, 0.2) is 76.9 Å². The minimum absolute atomic E-state index is 0.000872. The van der Waals surface area contributed by atoms with Crippen LogP contribution in [0.2, 0.25) is 15.1 Å². The summed E-state index contributed by atoms with van der Waals surface area (Å²) in [6, 6.07) is 11.4. The average Bonchev–Trinajstić information content (AvgIpc) is 3.61. The van der Waals surface area contributed by atoms with Crippen LogP contribution in [0.5, 0.6) is 0 Å². The summed E-state index contributed by atoms with van der Waals surface area (Å²) in [5.41, 5.74) is 1.41. The van der Waals surface area contributed by atoms with Crippen molar-refractivity contribution in [2.24, 2.45) is 0 Å². The molecule has 0 saturated heterocycles. The summed E-state index contributed by atoms with van der Waals surface area (Å²) in [6.45, 7) is 0.608. The number of aromatic nitrogens is 4. The van der Waals surface area contributed by atoms with E-state index in [-0.39, 0.29) is 26.3 Å². The van der Waals surface area contributed by atoms with Gasteiger partial charge in [0.2, 0.25) is 0 Å². The number of aryl methyl sites for hydroxylation is 1. The second-order valence-electron chi connectivity index (χ2n) is 9.62. The Morgan fingerprint density at radius 1 is 0.761 bits per heavy atom. The summed E-state index contributed by atoms with van der Waals surface area (Å²) >= 11 is 17.3. The van der Waals surface area contributed by atoms with Crippen LogP contribution < -0.4 is 9.44 Å². The molecular weight excluding hydrogens is 712 g/mol. The van der Waals surface area contributed by atoms with Crippen molar-refractivity contribution in [3.8, 4) is 0 Å². The molecule has 0 atom stereocenters. The van der Waals surface area contributed by atoms with Crippen LogP contribution in [0.1, 0.15) is 11.3 Å². The third kappa shape index (κ3) is 7.03. The standard InChI is InChI=1S/C14H9Cl2F2N3O2S.C14H11ClFN3O2S/c15-7-1-2-8-11(3-7)19-6-13(8)24(22,23)21-14-10(18)4-9(16)12(5-17)20-14;1-8-4-11(16)14(18-6-8)19-22(20,21)13-7-17-12-5-9(15)2-3-10(12)13/h1-4,6,19H,5H2,(H,20,21);2-7,17H,1H3,(H,18,19). The number of aromatic amines is 2. The molecule has 4 aromatic heterocycles. The lowest BCUT2D eigenvalue weighted by atomic mass is 10.2. The van der Waals surface area contributed by atoms with Crippen molar-refractivity contribution in [3.63, 3.8) is 0 Å². The fourth-order valence-corrected chi connectivity index (χ4v) is 7.15. The van der Waals surface area contributed by atoms with E-state index in [0.717, 1.165) is 6.07 Å². The second kappa shape index (κ2) is 13.0. The highest BCUT2D eigenvalue weighted by Gasteiger charge is 2.23. The molecule has 0 aliphatic rings. The highest BCUT2D eigenvalue weighted by atomic mass is 35.5. The number of H-pyrrole nitrogens is 2. The van der Waals surface area contributed by atoms with Crippen LogP contribution in [-0.2, 0) is 26.7 Å². The van der Waals surface area contributed by atoms with Gasteiger partial charge in [-0.3, -0.25) is 9.44 Å². The number of pyridine rings is 2. The molecule has 4 heterocycles. The van der Waals surface area contributed by atoms with Gasteiger partial charge in [0.15, 0.2) is 23.3 Å². The molecule has 46 heavy (non-hydrogen) atoms. The third-order valence-electron chi connectivity index (χ3n) is 6.36. The highest BCUT2D eigenvalue weighted by molar-refractivity contribution is 7.93. The van der Waals surface area contributed by atoms with Crippen LogP contribution >= 0.6 is 34.8 Å². The zero-order valence-corrected chi connectivity index (χ0v) is 27.1. The smallest absolute Gasteiger partial charge is 0.265 e. The molecule has 0 saturated carbocycles. The van der Waals surface area contributed by atoms with Gasteiger partial charge in [-0.15, -0.1) is 0 Å². The molecular formula is C28H20Cl3F3N6O4S2. The number of hydrogen-bond acceptors (Lipinski definition) is 6. The Bertz CT molecular complexity index is 2330. The summed E-state index contributed by atoms with van der Waals surface area (Å²) in [5, 5.41) is 1.52. The van der Waals surface area contributed by atoms with Crippen molar-refractivity contribution in [2.75, 3.05) is 9.44 Å². The van der Waals surface area contributed by atoms with E-state index < -0.39 is 44.2 Å². The number of halogens is 6. The molecule has 0 unspecified atom stereocenters. The Morgan fingerprint density at radius 2 is 1.26 bits per heavy atom. The Labute approximate surface area is 275 Å². The quantitative estimate of drug-likeness (QED) is 0.132. The molecule has 0 radical (unpaired) electrons. The normalized spacial score (nSPS) is 11.8. The molecule has 0 spiro atoms. The van der Waals surface area contributed by atoms with Crippen LogP contribution in [0.25, 0.3) is 21.8 Å². The molecule has 0 aliphatic heterocycles. The Hall–Kier alpha value is -4.02. The maximum atomic E-state index is 13.9. The van der Waals surface area contributed by atoms with Crippen molar-refractivity contribution >= 4 is 88.3 Å². The zero-order chi connectivity index (χ0) is 33.4. The first-order chi connectivity index (χ1) is 21.7. The SMILES string of the molecule is Cc1cnc(NS(=O)(=O)c2c[nH]c3cc(Cl)ccc23)c(F)c1.O=S(=O)(Nc1nc(CF)c(Cl)cc1F)c1c[nH]c2cc(Cl)ccc12. The maximum Gasteiger partial charge on any atom is 0.265 e. The van der Waals surface area contributed by atoms with Gasteiger partial charge < -0.3 is 9.97 Å². The molecule has 2 aromatic carbocycles. The lowest BCUT2D eigenvalue weighted by molar-refractivity contribution is 0.475. The number of anilines is 2. The predicted octanol–water partition coefficient (Wildman–Crippen LogP) is 7.74. The van der Waals surface area contributed by atoms with Gasteiger partial charge in [0.25, 0.3) is 20.0 Å². The van der Waals surface area contributed by atoms with Crippen LogP contribution in [-0.4, -0.2) is 36.8 Å². The second-order valence-corrected chi connectivity index (χ2v) is 14.2. The molecule has 6 aromatic rings. The van der Waals surface area contributed by atoms with Crippen molar-refractivity contribution in [1.29, 1.82) is 0 Å². The summed E-state index contributed by atoms with van der Waals surface area (Å²) in [7, 11) is -8.13. The number of nitrogens with zero attached hydrogens (tertiary/aromatic N) is 2. The molecule has 18 heteroatoms. The Morgan fingerprint density at radius 3 is 1.76 bits per heavy atom. The van der Waals surface area contributed by atoms with Gasteiger partial charge in [0.1, 0.15) is 16.5 Å². The number of hydrogen-bond donors (Lipinski definition) is 4. The molecule has 240 valence electrons.